The Hall–Kier alpha value is -3.07. The fourth-order valence-electron chi connectivity index (χ4n) is 3.82. The highest BCUT2D eigenvalue weighted by Gasteiger charge is 2.29. The number of rotatable bonds is 9. The summed E-state index contributed by atoms with van der Waals surface area (Å²) in [7, 11) is 0. The van der Waals surface area contributed by atoms with E-state index < -0.39 is 34.7 Å². The lowest BCUT2D eigenvalue weighted by Gasteiger charge is -2.20. The second-order valence-electron chi connectivity index (χ2n) is 9.74. The summed E-state index contributed by atoms with van der Waals surface area (Å²) >= 11 is 0. The van der Waals surface area contributed by atoms with Crippen molar-refractivity contribution in [3.05, 3.63) is 51.3 Å². The first-order valence-electron chi connectivity index (χ1n) is 11.8. The van der Waals surface area contributed by atoms with Gasteiger partial charge in [0.15, 0.2) is 11.6 Å². The summed E-state index contributed by atoms with van der Waals surface area (Å²) in [6, 6.07) is 0.403. The van der Waals surface area contributed by atoms with E-state index in [0.717, 1.165) is 18.9 Å². The molecule has 1 heterocycles. The number of hydrogen-bond donors (Lipinski definition) is 1. The van der Waals surface area contributed by atoms with Crippen LogP contribution >= 0.6 is 0 Å². The normalized spacial score (nSPS) is 14.9. The summed E-state index contributed by atoms with van der Waals surface area (Å²) in [6.45, 7) is 7.04. The van der Waals surface area contributed by atoms with Gasteiger partial charge in [0.25, 0.3) is 0 Å². The van der Waals surface area contributed by atoms with Gasteiger partial charge in [-0.05, 0) is 59.4 Å². The van der Waals surface area contributed by atoms with Crippen LogP contribution in [-0.2, 0) is 14.3 Å². The Morgan fingerprint density at radius 3 is 2.57 bits per heavy atom. The molecule has 1 saturated carbocycles. The molecule has 3 rings (SSSR count). The van der Waals surface area contributed by atoms with E-state index in [0.29, 0.717) is 12.8 Å². The van der Waals surface area contributed by atoms with Gasteiger partial charge in [-0.25, -0.2) is 13.6 Å². The molecule has 0 radical (unpaired) electrons. The molecule has 0 bridgehead atoms. The van der Waals surface area contributed by atoms with E-state index in [1.165, 1.54) is 12.3 Å². The molecule has 35 heavy (non-hydrogen) atoms. The Balaban J connectivity index is 1.91. The Morgan fingerprint density at radius 2 is 1.97 bits per heavy atom. The minimum atomic E-state index is -1.19. The Labute approximate surface area is 202 Å². The summed E-state index contributed by atoms with van der Waals surface area (Å²) in [6.07, 6.45) is 6.75. The average Bonchev–Trinajstić information content (AvgIpc) is 3.60. The first-order chi connectivity index (χ1) is 16.4. The highest BCUT2D eigenvalue weighted by molar-refractivity contribution is 5.96. The van der Waals surface area contributed by atoms with E-state index in [-0.39, 0.29) is 47.1 Å². The molecule has 1 atom stereocenters. The van der Waals surface area contributed by atoms with Gasteiger partial charge in [0.1, 0.15) is 11.2 Å². The van der Waals surface area contributed by atoms with Crippen molar-refractivity contribution in [1.82, 2.24) is 4.57 Å². The zero-order valence-electron chi connectivity index (χ0n) is 20.5. The summed E-state index contributed by atoms with van der Waals surface area (Å²) in [5.41, 5.74) is 4.73. The van der Waals surface area contributed by atoms with Crippen molar-refractivity contribution < 1.29 is 27.8 Å². The quantitative estimate of drug-likeness (QED) is 0.514. The fraction of sp³-hybridized carbons (Fsp3) is 0.500. The smallest absolute Gasteiger partial charge is 0.343 e. The van der Waals surface area contributed by atoms with E-state index in [2.05, 4.69) is 0 Å². The third-order valence-corrected chi connectivity index (χ3v) is 5.54. The molecule has 0 amide bonds. The topological polar surface area (TPSA) is 101 Å². The van der Waals surface area contributed by atoms with Gasteiger partial charge in [0.2, 0.25) is 5.43 Å². The van der Waals surface area contributed by atoms with Crippen molar-refractivity contribution in [3.8, 4) is 0 Å². The van der Waals surface area contributed by atoms with E-state index in [9.17, 15) is 23.2 Å². The summed E-state index contributed by atoms with van der Waals surface area (Å²) in [5.74, 6) is -3.43. The van der Waals surface area contributed by atoms with Crippen molar-refractivity contribution in [3.63, 3.8) is 0 Å². The van der Waals surface area contributed by atoms with Gasteiger partial charge in [0.05, 0.1) is 17.5 Å². The van der Waals surface area contributed by atoms with E-state index in [4.69, 9.17) is 15.2 Å². The number of benzene rings is 1. The van der Waals surface area contributed by atoms with Crippen LogP contribution in [-0.4, -0.2) is 34.8 Å². The van der Waals surface area contributed by atoms with Gasteiger partial charge in [0, 0.05) is 30.3 Å². The van der Waals surface area contributed by atoms with Crippen LogP contribution in [0.1, 0.15) is 81.8 Å². The number of nitrogens with zero attached hydrogens (tertiary/aromatic N) is 1. The molecule has 190 valence electrons. The number of hydrogen-bond acceptors (Lipinski definition) is 6. The van der Waals surface area contributed by atoms with E-state index in [1.54, 1.807) is 38.3 Å². The predicted octanol–water partition coefficient (Wildman–Crippen LogP) is 4.64. The summed E-state index contributed by atoms with van der Waals surface area (Å²) in [5, 5.41) is -0.0878. The van der Waals surface area contributed by atoms with E-state index >= 15 is 0 Å². The summed E-state index contributed by atoms with van der Waals surface area (Å²) in [4.78, 5) is 37.2. The van der Waals surface area contributed by atoms with Crippen LogP contribution in [0.2, 0.25) is 0 Å². The molecular formula is C26H32F2N2O5. The molecule has 1 aliphatic rings. The lowest BCUT2D eigenvalue weighted by molar-refractivity contribution is -0.155. The van der Waals surface area contributed by atoms with Crippen molar-refractivity contribution in [2.45, 2.75) is 77.5 Å². The largest absolute Gasteiger partial charge is 0.462 e. The number of aromatic nitrogens is 1. The molecule has 2 aromatic rings. The van der Waals surface area contributed by atoms with Crippen molar-refractivity contribution in [1.29, 1.82) is 0 Å². The standard InChI is InChI=1S/C26H32F2N2O5/c1-5-34-25(33)19-14-30(16-10-11-16)23-17(22(28)20(27)13-18(23)24(19)32)8-6-7-15(29)9-12-21(31)35-26(2,3)4/h6,8,13-16H,5,7,9-12,29H2,1-4H3/t15-/m1/s1. The second-order valence-corrected chi connectivity index (χ2v) is 9.74. The highest BCUT2D eigenvalue weighted by Crippen LogP contribution is 2.38. The molecule has 1 aromatic heterocycles. The first kappa shape index (κ1) is 26.5. The average molecular weight is 491 g/mol. The van der Waals surface area contributed by atoms with Crippen molar-refractivity contribution >= 4 is 28.9 Å². The fourth-order valence-corrected chi connectivity index (χ4v) is 3.82. The third kappa shape index (κ3) is 6.54. The van der Waals surface area contributed by atoms with Gasteiger partial charge in [-0.15, -0.1) is 0 Å². The molecule has 0 saturated heterocycles. The van der Waals surface area contributed by atoms with Crippen LogP contribution in [0, 0.1) is 11.6 Å². The maximum Gasteiger partial charge on any atom is 0.343 e. The monoisotopic (exact) mass is 490 g/mol. The van der Waals surface area contributed by atoms with Crippen LogP contribution in [0.25, 0.3) is 17.0 Å². The maximum atomic E-state index is 14.9. The van der Waals surface area contributed by atoms with Crippen LogP contribution in [0.15, 0.2) is 23.1 Å². The van der Waals surface area contributed by atoms with Crippen LogP contribution < -0.4 is 11.2 Å². The zero-order valence-corrected chi connectivity index (χ0v) is 20.5. The number of halogens is 2. The number of fused-ring (bicyclic) bond motifs is 1. The molecular weight excluding hydrogens is 458 g/mol. The molecule has 1 aliphatic carbocycles. The first-order valence-corrected chi connectivity index (χ1v) is 11.8. The highest BCUT2D eigenvalue weighted by atomic mass is 19.2. The minimum Gasteiger partial charge on any atom is -0.462 e. The van der Waals surface area contributed by atoms with Gasteiger partial charge in [-0.1, -0.05) is 12.2 Å². The molecule has 0 unspecified atom stereocenters. The number of carbonyl (C=O) groups is 2. The molecule has 0 aliphatic heterocycles. The van der Waals surface area contributed by atoms with Crippen LogP contribution in [0.3, 0.4) is 0 Å². The molecule has 0 spiro atoms. The predicted molar refractivity (Wildman–Crippen MR) is 129 cm³/mol. The molecule has 7 nitrogen and oxygen atoms in total. The number of pyridine rings is 1. The van der Waals surface area contributed by atoms with Crippen LogP contribution in [0.5, 0.6) is 0 Å². The van der Waals surface area contributed by atoms with Gasteiger partial charge in [-0.2, -0.15) is 0 Å². The third-order valence-electron chi connectivity index (χ3n) is 5.54. The maximum absolute atomic E-state index is 14.9. The Morgan fingerprint density at radius 1 is 1.29 bits per heavy atom. The van der Waals surface area contributed by atoms with Gasteiger partial charge in [-0.3, -0.25) is 9.59 Å². The second kappa shape index (κ2) is 10.7. The minimum absolute atomic E-state index is 0.0284. The Bertz CT molecular complexity index is 1210. The number of carbonyl (C=O) groups excluding carboxylic acids is 2. The SMILES string of the molecule is CCOC(=O)c1cn(C2CC2)c2c(C=CC[C@@H](N)CCC(=O)OC(C)(C)C)c(F)c(F)cc2c1=O. The molecule has 1 fully saturated rings. The summed E-state index contributed by atoms with van der Waals surface area (Å²) < 4.78 is 41.3. The van der Waals surface area contributed by atoms with Gasteiger partial charge < -0.3 is 19.8 Å². The van der Waals surface area contributed by atoms with Crippen molar-refractivity contribution in [2.24, 2.45) is 5.73 Å². The Kier molecular flexibility index (Phi) is 8.10. The lowest BCUT2D eigenvalue weighted by Crippen LogP contribution is -2.26. The van der Waals surface area contributed by atoms with Crippen LogP contribution in [0.4, 0.5) is 8.78 Å². The number of nitrogens with two attached hydrogens (primary N) is 1. The van der Waals surface area contributed by atoms with Gasteiger partial charge >= 0.3 is 11.9 Å². The number of ether oxygens (including phenoxy) is 2. The van der Waals surface area contributed by atoms with E-state index in [1.807, 2.05) is 0 Å². The molecule has 1 aromatic carbocycles. The lowest BCUT2D eigenvalue weighted by atomic mass is 10.0. The molecule has 2 N–H and O–H groups in total. The zero-order chi connectivity index (χ0) is 25.9. The molecule has 9 heteroatoms. The van der Waals surface area contributed by atoms with Crippen molar-refractivity contribution in [2.75, 3.05) is 6.61 Å². The number of esters is 2.